The van der Waals surface area contributed by atoms with Gasteiger partial charge < -0.3 is 10.6 Å². The van der Waals surface area contributed by atoms with E-state index in [0.29, 0.717) is 11.5 Å². The number of nitrogens with zero attached hydrogens (tertiary/aromatic N) is 2. The lowest BCUT2D eigenvalue weighted by molar-refractivity contribution is 0.627. The zero-order valence-corrected chi connectivity index (χ0v) is 23.3. The molecule has 0 unspecified atom stereocenters. The van der Waals surface area contributed by atoms with Gasteiger partial charge in [-0.25, -0.2) is 18.8 Å². The van der Waals surface area contributed by atoms with Crippen molar-refractivity contribution in [3.05, 3.63) is 156 Å². The fraction of sp³-hybridized carbons (Fsp3) is 0.0857. The number of anilines is 2. The number of nitrogens with one attached hydrogen (secondary N) is 2. The second-order valence-corrected chi connectivity index (χ2v) is 9.46. The molecule has 4 nitrogen and oxygen atoms in total. The molecule has 0 heterocycles. The van der Waals surface area contributed by atoms with Crippen LogP contribution >= 0.6 is 0 Å². The highest BCUT2D eigenvalue weighted by atomic mass is 19.1. The molecular formula is C35H32F2N4. The SMILES string of the molecule is CC(=Nc1ccc(F)cc1)Nc1ccc(F)cc1.Cc1ccc(N=C(Nc2ccc(C)cc2)c2ccccc2)cc1. The Morgan fingerprint density at radius 1 is 0.512 bits per heavy atom. The number of aryl methyl sites for hydroxylation is 2. The van der Waals surface area contributed by atoms with Crippen molar-refractivity contribution in [1.82, 2.24) is 0 Å². The van der Waals surface area contributed by atoms with Crippen LogP contribution in [0.2, 0.25) is 0 Å². The molecule has 0 radical (unpaired) electrons. The van der Waals surface area contributed by atoms with Gasteiger partial charge in [0.25, 0.3) is 0 Å². The molecular weight excluding hydrogens is 514 g/mol. The van der Waals surface area contributed by atoms with Crippen molar-refractivity contribution in [2.24, 2.45) is 9.98 Å². The summed E-state index contributed by atoms with van der Waals surface area (Å²) in [5.74, 6) is 0.915. The van der Waals surface area contributed by atoms with E-state index in [4.69, 9.17) is 4.99 Å². The predicted molar refractivity (Wildman–Crippen MR) is 168 cm³/mol. The average molecular weight is 547 g/mol. The minimum Gasteiger partial charge on any atom is -0.344 e. The molecule has 206 valence electrons. The lowest BCUT2D eigenvalue weighted by Gasteiger charge is -2.11. The maximum atomic E-state index is 12.7. The summed E-state index contributed by atoms with van der Waals surface area (Å²) in [6.45, 7) is 5.95. The van der Waals surface area contributed by atoms with Gasteiger partial charge in [0, 0.05) is 16.9 Å². The number of hydrogen-bond acceptors (Lipinski definition) is 2. The van der Waals surface area contributed by atoms with Crippen LogP contribution in [0.3, 0.4) is 0 Å². The average Bonchev–Trinajstić information content (AvgIpc) is 2.98. The molecule has 5 aromatic rings. The molecule has 5 rings (SSSR count). The summed E-state index contributed by atoms with van der Waals surface area (Å²) < 4.78 is 25.4. The first kappa shape index (κ1) is 28.9. The van der Waals surface area contributed by atoms with E-state index in [1.54, 1.807) is 31.2 Å². The number of rotatable bonds is 5. The maximum absolute atomic E-state index is 12.7. The molecule has 0 fully saturated rings. The van der Waals surface area contributed by atoms with Crippen LogP contribution in [0.4, 0.5) is 31.5 Å². The van der Waals surface area contributed by atoms with Crippen molar-refractivity contribution < 1.29 is 8.78 Å². The Hall–Kier alpha value is -5.10. The molecule has 0 aliphatic heterocycles. The first-order valence-electron chi connectivity index (χ1n) is 13.2. The van der Waals surface area contributed by atoms with Crippen molar-refractivity contribution in [3.63, 3.8) is 0 Å². The molecule has 0 amide bonds. The smallest absolute Gasteiger partial charge is 0.138 e. The summed E-state index contributed by atoms with van der Waals surface area (Å²) in [6, 6.07) is 38.6. The molecule has 0 saturated heterocycles. The van der Waals surface area contributed by atoms with Gasteiger partial charge in [0.15, 0.2) is 0 Å². The van der Waals surface area contributed by atoms with Gasteiger partial charge in [-0.2, -0.15) is 0 Å². The molecule has 0 saturated carbocycles. The van der Waals surface area contributed by atoms with Crippen LogP contribution < -0.4 is 10.6 Å². The van der Waals surface area contributed by atoms with Gasteiger partial charge >= 0.3 is 0 Å². The van der Waals surface area contributed by atoms with E-state index in [1.807, 2.05) is 30.3 Å². The summed E-state index contributed by atoms with van der Waals surface area (Å²) in [6.07, 6.45) is 0. The van der Waals surface area contributed by atoms with E-state index in [9.17, 15) is 8.78 Å². The molecule has 0 atom stereocenters. The third kappa shape index (κ3) is 9.55. The number of benzene rings is 5. The molecule has 2 N–H and O–H groups in total. The van der Waals surface area contributed by atoms with E-state index in [2.05, 4.69) is 78.0 Å². The maximum Gasteiger partial charge on any atom is 0.138 e. The first-order valence-corrected chi connectivity index (χ1v) is 13.2. The van der Waals surface area contributed by atoms with Crippen molar-refractivity contribution in [1.29, 1.82) is 0 Å². The molecule has 0 bridgehead atoms. The Balaban J connectivity index is 0.000000195. The van der Waals surface area contributed by atoms with Gasteiger partial charge in [-0.05, 0) is 93.6 Å². The van der Waals surface area contributed by atoms with Crippen LogP contribution in [-0.4, -0.2) is 11.7 Å². The van der Waals surface area contributed by atoms with E-state index in [1.165, 1.54) is 35.4 Å². The van der Waals surface area contributed by atoms with Gasteiger partial charge in [-0.15, -0.1) is 0 Å². The standard InChI is InChI=1S/C21H20N2.C14H12F2N2/c1-16-8-12-19(13-9-16)22-21(18-6-4-3-5-7-18)23-20-14-10-17(2)11-15-20;1-10(17-13-6-2-11(15)3-7-13)18-14-8-4-12(16)5-9-14/h3-15H,1-2H3,(H,22,23);2-9H,1H3,(H,17,18). The van der Waals surface area contributed by atoms with E-state index < -0.39 is 0 Å². The third-order valence-electron chi connectivity index (χ3n) is 5.93. The van der Waals surface area contributed by atoms with Gasteiger partial charge in [-0.3, -0.25) is 0 Å². The Labute approximate surface area is 240 Å². The highest BCUT2D eigenvalue weighted by Gasteiger charge is 2.04. The van der Waals surface area contributed by atoms with Crippen LogP contribution in [0.15, 0.2) is 137 Å². The number of amidine groups is 2. The minimum absolute atomic E-state index is 0.284. The minimum atomic E-state index is -0.293. The van der Waals surface area contributed by atoms with Gasteiger partial charge in [0.1, 0.15) is 23.3 Å². The normalized spacial score (nSPS) is 11.3. The molecule has 5 aromatic carbocycles. The summed E-state index contributed by atoms with van der Waals surface area (Å²) in [5.41, 5.74) is 6.92. The Morgan fingerprint density at radius 3 is 1.54 bits per heavy atom. The Bertz CT molecular complexity index is 1580. The van der Waals surface area contributed by atoms with E-state index in [0.717, 1.165) is 28.5 Å². The topological polar surface area (TPSA) is 48.8 Å². The zero-order chi connectivity index (χ0) is 29.0. The second-order valence-electron chi connectivity index (χ2n) is 9.46. The second kappa shape index (κ2) is 14.3. The number of hydrogen-bond donors (Lipinski definition) is 2. The highest BCUT2D eigenvalue weighted by molar-refractivity contribution is 6.09. The van der Waals surface area contributed by atoms with E-state index >= 15 is 0 Å². The number of aliphatic imine (C=N–C) groups is 2. The monoisotopic (exact) mass is 546 g/mol. The quantitative estimate of drug-likeness (QED) is 0.170. The van der Waals surface area contributed by atoms with Crippen LogP contribution in [0.5, 0.6) is 0 Å². The lowest BCUT2D eigenvalue weighted by atomic mass is 10.1. The first-order chi connectivity index (χ1) is 19.8. The molecule has 0 aliphatic carbocycles. The van der Waals surface area contributed by atoms with Crippen LogP contribution in [-0.2, 0) is 0 Å². The van der Waals surface area contributed by atoms with E-state index in [-0.39, 0.29) is 11.6 Å². The Kier molecular flexibility index (Phi) is 10.1. The largest absolute Gasteiger partial charge is 0.344 e. The van der Waals surface area contributed by atoms with Crippen molar-refractivity contribution in [2.75, 3.05) is 10.6 Å². The fourth-order valence-corrected chi connectivity index (χ4v) is 3.76. The molecule has 0 aliphatic rings. The summed E-state index contributed by atoms with van der Waals surface area (Å²) in [4.78, 5) is 9.06. The molecule has 6 heteroatoms. The molecule has 41 heavy (non-hydrogen) atoms. The predicted octanol–water partition coefficient (Wildman–Crippen LogP) is 9.62. The Morgan fingerprint density at radius 2 is 0.951 bits per heavy atom. The highest BCUT2D eigenvalue weighted by Crippen LogP contribution is 2.18. The van der Waals surface area contributed by atoms with Crippen LogP contribution in [0, 0.1) is 25.5 Å². The zero-order valence-electron chi connectivity index (χ0n) is 23.3. The van der Waals surface area contributed by atoms with Gasteiger partial charge in [0.2, 0.25) is 0 Å². The van der Waals surface area contributed by atoms with Crippen molar-refractivity contribution in [2.45, 2.75) is 20.8 Å². The fourth-order valence-electron chi connectivity index (χ4n) is 3.76. The van der Waals surface area contributed by atoms with Gasteiger partial charge in [-0.1, -0.05) is 65.7 Å². The number of halogens is 2. The van der Waals surface area contributed by atoms with Crippen LogP contribution in [0.1, 0.15) is 23.6 Å². The lowest BCUT2D eigenvalue weighted by Crippen LogP contribution is -2.13. The summed E-state index contributed by atoms with van der Waals surface area (Å²) in [5, 5.41) is 6.46. The van der Waals surface area contributed by atoms with Crippen molar-refractivity contribution in [3.8, 4) is 0 Å². The van der Waals surface area contributed by atoms with Gasteiger partial charge in [0.05, 0.1) is 11.4 Å². The summed E-state index contributed by atoms with van der Waals surface area (Å²) in [7, 11) is 0. The molecule has 0 aromatic heterocycles. The summed E-state index contributed by atoms with van der Waals surface area (Å²) >= 11 is 0. The third-order valence-corrected chi connectivity index (χ3v) is 5.93. The van der Waals surface area contributed by atoms with Crippen molar-refractivity contribution >= 4 is 34.4 Å². The van der Waals surface area contributed by atoms with Crippen LogP contribution in [0.25, 0.3) is 0 Å². The molecule has 0 spiro atoms.